The molecule has 130 valence electrons. The summed E-state index contributed by atoms with van der Waals surface area (Å²) in [5.74, 6) is 1.52. The van der Waals surface area contributed by atoms with E-state index in [0.717, 1.165) is 24.0 Å². The van der Waals surface area contributed by atoms with Gasteiger partial charge in [0.25, 0.3) is 0 Å². The van der Waals surface area contributed by atoms with Gasteiger partial charge in [-0.2, -0.15) is 0 Å². The van der Waals surface area contributed by atoms with Crippen LogP contribution in [0, 0.1) is 18.8 Å². The molecule has 1 aliphatic heterocycles. The molecule has 2 heterocycles. The van der Waals surface area contributed by atoms with Crippen molar-refractivity contribution in [1.29, 1.82) is 0 Å². The first-order valence-corrected chi connectivity index (χ1v) is 9.56. The predicted octanol–water partition coefficient (Wildman–Crippen LogP) is 4.10. The van der Waals surface area contributed by atoms with E-state index in [1.54, 1.807) is 11.3 Å². The third-order valence-corrected chi connectivity index (χ3v) is 6.41. The number of rotatable bonds is 3. The molecule has 1 saturated heterocycles. The van der Waals surface area contributed by atoms with Crippen molar-refractivity contribution in [2.75, 3.05) is 13.1 Å². The second-order valence-corrected chi connectivity index (χ2v) is 8.08. The fraction of sp³-hybridized carbons (Fsp3) is 0.526. The van der Waals surface area contributed by atoms with Crippen LogP contribution < -0.4 is 5.73 Å². The molecule has 2 aromatic rings. The Labute approximate surface area is 154 Å². The monoisotopic (exact) mass is 363 g/mol. The summed E-state index contributed by atoms with van der Waals surface area (Å²) in [5, 5.41) is 3.35. The van der Waals surface area contributed by atoms with Crippen LogP contribution in [0.4, 0.5) is 0 Å². The zero-order valence-corrected chi connectivity index (χ0v) is 15.8. The van der Waals surface area contributed by atoms with Gasteiger partial charge in [0.1, 0.15) is 5.01 Å². The Kier molecular flexibility index (Phi) is 5.60. The standard InChI is InChI=1S/C19H25N3S.ClH/c1-13-5-7-14(8-6-13)19-21-16(12-23-19)10-22-9-15-3-2-4-18(20)17(15)11-22;/h5-8,12,15,17-18H,2-4,9-11,20H2,1H3;1H. The van der Waals surface area contributed by atoms with Crippen molar-refractivity contribution in [3.8, 4) is 10.6 Å². The van der Waals surface area contributed by atoms with Gasteiger partial charge in [-0.15, -0.1) is 23.7 Å². The first-order chi connectivity index (χ1) is 11.2. The fourth-order valence-electron chi connectivity index (χ4n) is 4.18. The molecular formula is C19H26ClN3S. The Morgan fingerprint density at radius 1 is 1.21 bits per heavy atom. The molecule has 5 heteroatoms. The van der Waals surface area contributed by atoms with Crippen LogP contribution in [0.1, 0.15) is 30.5 Å². The van der Waals surface area contributed by atoms with Crippen molar-refractivity contribution in [3.05, 3.63) is 40.9 Å². The lowest BCUT2D eigenvalue weighted by Crippen LogP contribution is -2.38. The molecule has 3 unspecified atom stereocenters. The number of hydrogen-bond acceptors (Lipinski definition) is 4. The van der Waals surface area contributed by atoms with Crippen LogP contribution in [0.5, 0.6) is 0 Å². The van der Waals surface area contributed by atoms with Gasteiger partial charge in [-0.1, -0.05) is 36.2 Å². The molecule has 1 saturated carbocycles. The molecule has 3 nitrogen and oxygen atoms in total. The van der Waals surface area contributed by atoms with Gasteiger partial charge in [0, 0.05) is 36.6 Å². The highest BCUT2D eigenvalue weighted by molar-refractivity contribution is 7.13. The third kappa shape index (κ3) is 3.67. The molecule has 24 heavy (non-hydrogen) atoms. The highest BCUT2D eigenvalue weighted by Crippen LogP contribution is 2.36. The SMILES string of the molecule is Cc1ccc(-c2nc(CN3CC4CCCC(N)C4C3)cs2)cc1.Cl. The van der Waals surface area contributed by atoms with Crippen molar-refractivity contribution in [2.24, 2.45) is 17.6 Å². The molecule has 1 aromatic heterocycles. The quantitative estimate of drug-likeness (QED) is 0.892. The number of fused-ring (bicyclic) bond motifs is 1. The predicted molar refractivity (Wildman–Crippen MR) is 104 cm³/mol. The Bertz CT molecular complexity index is 670. The van der Waals surface area contributed by atoms with Crippen LogP contribution in [-0.2, 0) is 6.54 Å². The van der Waals surface area contributed by atoms with Crippen LogP contribution >= 0.6 is 23.7 Å². The summed E-state index contributed by atoms with van der Waals surface area (Å²) in [6, 6.07) is 9.06. The largest absolute Gasteiger partial charge is 0.327 e. The number of benzene rings is 1. The highest BCUT2D eigenvalue weighted by atomic mass is 35.5. The molecule has 0 radical (unpaired) electrons. The van der Waals surface area contributed by atoms with Gasteiger partial charge in [0.05, 0.1) is 5.69 Å². The summed E-state index contributed by atoms with van der Waals surface area (Å²) in [6.45, 7) is 5.45. The Morgan fingerprint density at radius 3 is 2.75 bits per heavy atom. The second kappa shape index (κ2) is 7.52. The minimum Gasteiger partial charge on any atom is -0.327 e. The molecule has 0 amide bonds. The maximum atomic E-state index is 6.33. The topological polar surface area (TPSA) is 42.2 Å². The summed E-state index contributed by atoms with van der Waals surface area (Å²) >= 11 is 1.76. The normalized spacial score (nSPS) is 26.8. The molecule has 0 bridgehead atoms. The summed E-state index contributed by atoms with van der Waals surface area (Å²) in [4.78, 5) is 7.42. The Balaban J connectivity index is 0.00000169. The van der Waals surface area contributed by atoms with Crippen LogP contribution in [0.15, 0.2) is 29.6 Å². The van der Waals surface area contributed by atoms with Crippen molar-refractivity contribution in [1.82, 2.24) is 9.88 Å². The number of thiazole rings is 1. The molecule has 2 aliphatic rings. The third-order valence-electron chi connectivity index (χ3n) is 5.47. The molecule has 2 fully saturated rings. The number of aryl methyl sites for hydroxylation is 1. The van der Waals surface area contributed by atoms with Gasteiger partial charge in [0.15, 0.2) is 0 Å². The zero-order valence-electron chi connectivity index (χ0n) is 14.1. The maximum absolute atomic E-state index is 6.33. The Morgan fingerprint density at radius 2 is 2.00 bits per heavy atom. The highest BCUT2D eigenvalue weighted by Gasteiger charge is 2.38. The zero-order chi connectivity index (χ0) is 15.8. The van der Waals surface area contributed by atoms with E-state index in [4.69, 9.17) is 10.7 Å². The summed E-state index contributed by atoms with van der Waals surface area (Å²) < 4.78 is 0. The average Bonchev–Trinajstić information content (AvgIpc) is 3.16. The average molecular weight is 364 g/mol. The molecular weight excluding hydrogens is 338 g/mol. The molecule has 1 aromatic carbocycles. The lowest BCUT2D eigenvalue weighted by molar-refractivity contribution is 0.259. The first-order valence-electron chi connectivity index (χ1n) is 8.68. The number of aromatic nitrogens is 1. The number of nitrogens with zero attached hydrogens (tertiary/aromatic N) is 2. The number of halogens is 1. The molecule has 0 spiro atoms. The number of likely N-dealkylation sites (tertiary alicyclic amines) is 1. The molecule has 4 rings (SSSR count). The summed E-state index contributed by atoms with van der Waals surface area (Å²) in [6.07, 6.45) is 3.88. The summed E-state index contributed by atoms with van der Waals surface area (Å²) in [7, 11) is 0. The lowest BCUT2D eigenvalue weighted by atomic mass is 9.78. The van der Waals surface area contributed by atoms with Gasteiger partial charge in [-0.05, 0) is 31.6 Å². The maximum Gasteiger partial charge on any atom is 0.123 e. The van der Waals surface area contributed by atoms with E-state index in [2.05, 4.69) is 41.5 Å². The number of hydrogen-bond donors (Lipinski definition) is 1. The van der Waals surface area contributed by atoms with Gasteiger partial charge >= 0.3 is 0 Å². The minimum absolute atomic E-state index is 0. The fourth-order valence-corrected chi connectivity index (χ4v) is 4.99. The number of nitrogens with two attached hydrogens (primary N) is 1. The van der Waals surface area contributed by atoms with Crippen molar-refractivity contribution in [2.45, 2.75) is 38.8 Å². The molecule has 3 atom stereocenters. The van der Waals surface area contributed by atoms with Crippen molar-refractivity contribution >= 4 is 23.7 Å². The first kappa shape index (κ1) is 17.9. The van der Waals surface area contributed by atoms with Gasteiger partial charge in [0.2, 0.25) is 0 Å². The van der Waals surface area contributed by atoms with E-state index in [0.29, 0.717) is 12.0 Å². The van der Waals surface area contributed by atoms with E-state index < -0.39 is 0 Å². The van der Waals surface area contributed by atoms with Crippen molar-refractivity contribution in [3.63, 3.8) is 0 Å². The van der Waals surface area contributed by atoms with Crippen LogP contribution in [0.25, 0.3) is 10.6 Å². The second-order valence-electron chi connectivity index (χ2n) is 7.22. The van der Waals surface area contributed by atoms with Gasteiger partial charge in [-0.25, -0.2) is 4.98 Å². The van der Waals surface area contributed by atoms with E-state index in [1.807, 2.05) is 0 Å². The van der Waals surface area contributed by atoms with E-state index >= 15 is 0 Å². The smallest absolute Gasteiger partial charge is 0.123 e. The Hall–Kier alpha value is -0.940. The molecule has 2 N–H and O–H groups in total. The van der Waals surface area contributed by atoms with Gasteiger partial charge in [-0.3, -0.25) is 4.90 Å². The lowest BCUT2D eigenvalue weighted by Gasteiger charge is -2.29. The van der Waals surface area contributed by atoms with E-state index in [1.165, 1.54) is 42.6 Å². The van der Waals surface area contributed by atoms with Crippen LogP contribution in [-0.4, -0.2) is 29.0 Å². The van der Waals surface area contributed by atoms with E-state index in [-0.39, 0.29) is 12.4 Å². The van der Waals surface area contributed by atoms with Crippen molar-refractivity contribution < 1.29 is 0 Å². The van der Waals surface area contributed by atoms with E-state index in [9.17, 15) is 0 Å². The molecule has 1 aliphatic carbocycles. The minimum atomic E-state index is 0. The van der Waals surface area contributed by atoms with Crippen LogP contribution in [0.3, 0.4) is 0 Å². The van der Waals surface area contributed by atoms with Crippen LogP contribution in [0.2, 0.25) is 0 Å². The summed E-state index contributed by atoms with van der Waals surface area (Å²) in [5.41, 5.74) is 10.1. The van der Waals surface area contributed by atoms with Gasteiger partial charge < -0.3 is 5.73 Å².